The van der Waals surface area contributed by atoms with Crippen LogP contribution in [0.4, 0.5) is 0 Å². The van der Waals surface area contributed by atoms with Crippen molar-refractivity contribution in [3.05, 3.63) is 27.3 Å². The molecule has 0 aliphatic heterocycles. The number of hydrogen-bond donors (Lipinski definition) is 0. The van der Waals surface area contributed by atoms with Gasteiger partial charge < -0.3 is 0 Å². The number of halogens is 2. The van der Waals surface area contributed by atoms with Gasteiger partial charge in [-0.1, -0.05) is 11.6 Å². The third-order valence-corrected chi connectivity index (χ3v) is 2.89. The van der Waals surface area contributed by atoms with Crippen molar-refractivity contribution in [1.82, 2.24) is 9.78 Å². The molecule has 0 amide bonds. The Balaban J connectivity index is 2.97. The lowest BCUT2D eigenvalue weighted by Gasteiger charge is -1.97. The second-order valence-corrected chi connectivity index (χ2v) is 4.28. The number of benzene rings is 1. The zero-order chi connectivity index (χ0) is 9.59. The van der Waals surface area contributed by atoms with E-state index in [2.05, 4.69) is 21.0 Å². The van der Waals surface area contributed by atoms with Crippen LogP contribution in [0.1, 0.15) is 5.69 Å². The Morgan fingerprint density at radius 2 is 2.15 bits per heavy atom. The summed E-state index contributed by atoms with van der Waals surface area (Å²) in [4.78, 5) is 0. The second kappa shape index (κ2) is 3.00. The van der Waals surface area contributed by atoms with Crippen molar-refractivity contribution in [2.45, 2.75) is 6.92 Å². The number of aromatic nitrogens is 2. The highest BCUT2D eigenvalue weighted by molar-refractivity contribution is 9.10. The Morgan fingerprint density at radius 3 is 2.85 bits per heavy atom. The van der Waals surface area contributed by atoms with Gasteiger partial charge in [-0.25, -0.2) is 0 Å². The molecule has 0 bridgehead atoms. The van der Waals surface area contributed by atoms with Gasteiger partial charge in [0.05, 0.1) is 11.2 Å². The van der Waals surface area contributed by atoms with Gasteiger partial charge in [-0.2, -0.15) is 5.10 Å². The van der Waals surface area contributed by atoms with Gasteiger partial charge in [0.15, 0.2) is 0 Å². The van der Waals surface area contributed by atoms with E-state index in [1.807, 2.05) is 30.8 Å². The van der Waals surface area contributed by atoms with Crippen LogP contribution < -0.4 is 0 Å². The molecule has 2 nitrogen and oxygen atoms in total. The maximum absolute atomic E-state index is 5.93. The van der Waals surface area contributed by atoms with Gasteiger partial charge >= 0.3 is 0 Å². The molecule has 0 unspecified atom stereocenters. The summed E-state index contributed by atoms with van der Waals surface area (Å²) in [5, 5.41) is 6.18. The third-order valence-electron chi connectivity index (χ3n) is 2.04. The summed E-state index contributed by atoms with van der Waals surface area (Å²) in [5.74, 6) is 0. The minimum atomic E-state index is 0.724. The first-order valence-corrected chi connectivity index (χ1v) is 5.05. The van der Waals surface area contributed by atoms with E-state index >= 15 is 0 Å². The third kappa shape index (κ3) is 1.36. The Labute approximate surface area is 89.6 Å². The van der Waals surface area contributed by atoms with Crippen molar-refractivity contribution in [1.29, 1.82) is 0 Å². The highest BCUT2D eigenvalue weighted by Gasteiger charge is 2.08. The van der Waals surface area contributed by atoms with Crippen molar-refractivity contribution in [3.63, 3.8) is 0 Å². The summed E-state index contributed by atoms with van der Waals surface area (Å²) >= 11 is 9.41. The molecule has 13 heavy (non-hydrogen) atoms. The van der Waals surface area contributed by atoms with E-state index in [1.54, 1.807) is 0 Å². The minimum Gasteiger partial charge on any atom is -0.268 e. The molecule has 1 heterocycles. The molecule has 0 saturated heterocycles. The lowest BCUT2D eigenvalue weighted by molar-refractivity contribution is 0.783. The minimum absolute atomic E-state index is 0.724. The van der Waals surface area contributed by atoms with E-state index in [9.17, 15) is 0 Å². The van der Waals surface area contributed by atoms with Crippen molar-refractivity contribution >= 4 is 38.4 Å². The first kappa shape index (κ1) is 9.03. The maximum Gasteiger partial charge on any atom is 0.0708 e. The molecule has 4 heteroatoms. The molecular formula is C9H8BrClN2. The topological polar surface area (TPSA) is 17.8 Å². The molecule has 0 fully saturated rings. The lowest BCUT2D eigenvalue weighted by Crippen LogP contribution is -1.89. The zero-order valence-corrected chi connectivity index (χ0v) is 9.65. The summed E-state index contributed by atoms with van der Waals surface area (Å²) in [6.07, 6.45) is 0. The molecule has 0 aliphatic carbocycles. The molecule has 0 aliphatic rings. The monoisotopic (exact) mass is 258 g/mol. The molecule has 2 aromatic rings. The number of fused-ring (bicyclic) bond motifs is 1. The predicted molar refractivity (Wildman–Crippen MR) is 58.2 cm³/mol. The molecule has 0 spiro atoms. The molecular weight excluding hydrogens is 251 g/mol. The first-order valence-electron chi connectivity index (χ1n) is 3.88. The number of aryl methyl sites for hydroxylation is 2. The highest BCUT2D eigenvalue weighted by Crippen LogP contribution is 2.29. The van der Waals surface area contributed by atoms with Gasteiger partial charge in [-0.3, -0.25) is 4.68 Å². The van der Waals surface area contributed by atoms with E-state index < -0.39 is 0 Å². The van der Waals surface area contributed by atoms with E-state index in [-0.39, 0.29) is 0 Å². The van der Waals surface area contributed by atoms with Crippen molar-refractivity contribution in [3.8, 4) is 0 Å². The predicted octanol–water partition coefficient (Wildman–Crippen LogP) is 3.30. The smallest absolute Gasteiger partial charge is 0.0708 e. The lowest BCUT2D eigenvalue weighted by atomic mass is 10.2. The van der Waals surface area contributed by atoms with E-state index in [4.69, 9.17) is 11.6 Å². The second-order valence-electron chi connectivity index (χ2n) is 2.99. The fraction of sp³-hybridized carbons (Fsp3) is 0.222. The van der Waals surface area contributed by atoms with Crippen LogP contribution >= 0.6 is 27.5 Å². The highest BCUT2D eigenvalue weighted by atomic mass is 79.9. The molecule has 1 aromatic heterocycles. The van der Waals surface area contributed by atoms with Crippen LogP contribution in [0.25, 0.3) is 10.9 Å². The molecule has 0 saturated carbocycles. The summed E-state index contributed by atoms with van der Waals surface area (Å²) < 4.78 is 2.84. The maximum atomic E-state index is 5.93. The number of nitrogens with zero attached hydrogens (tertiary/aromatic N) is 2. The van der Waals surface area contributed by atoms with Gasteiger partial charge in [-0.15, -0.1) is 0 Å². The molecule has 0 radical (unpaired) electrons. The SMILES string of the molecule is Cc1nn(C)c2cc(Cl)cc(Br)c12. The molecule has 1 aromatic carbocycles. The summed E-state index contributed by atoms with van der Waals surface area (Å²) in [7, 11) is 1.91. The average Bonchev–Trinajstić information content (AvgIpc) is 2.27. The van der Waals surface area contributed by atoms with E-state index in [0.717, 1.165) is 26.1 Å². The molecule has 0 N–H and O–H groups in total. The molecule has 0 atom stereocenters. The van der Waals surface area contributed by atoms with Gasteiger partial charge in [0.1, 0.15) is 0 Å². The van der Waals surface area contributed by atoms with Crippen LogP contribution in [-0.4, -0.2) is 9.78 Å². The fourth-order valence-electron chi connectivity index (χ4n) is 1.50. The summed E-state index contributed by atoms with van der Waals surface area (Å²) in [5.41, 5.74) is 2.07. The van der Waals surface area contributed by atoms with Crippen LogP contribution in [0.5, 0.6) is 0 Å². The number of rotatable bonds is 0. The van der Waals surface area contributed by atoms with Crippen LogP contribution in [0.3, 0.4) is 0 Å². The number of hydrogen-bond acceptors (Lipinski definition) is 1. The van der Waals surface area contributed by atoms with Gasteiger partial charge in [0.2, 0.25) is 0 Å². The Bertz CT molecular complexity index is 476. The standard InChI is InChI=1S/C9H8BrClN2/c1-5-9-7(10)3-6(11)4-8(9)13(2)12-5/h3-4H,1-2H3. The van der Waals surface area contributed by atoms with Crippen LogP contribution in [0.15, 0.2) is 16.6 Å². The molecule has 2 rings (SSSR count). The van der Waals surface area contributed by atoms with Crippen LogP contribution in [0.2, 0.25) is 5.02 Å². The Kier molecular flexibility index (Phi) is 2.08. The van der Waals surface area contributed by atoms with E-state index in [1.165, 1.54) is 0 Å². The van der Waals surface area contributed by atoms with Gasteiger partial charge in [-0.05, 0) is 35.0 Å². The summed E-state index contributed by atoms with van der Waals surface area (Å²) in [6.45, 7) is 1.99. The Hall–Kier alpha value is -0.540. The van der Waals surface area contributed by atoms with Crippen molar-refractivity contribution < 1.29 is 0 Å². The van der Waals surface area contributed by atoms with Crippen LogP contribution in [-0.2, 0) is 7.05 Å². The normalized spacial score (nSPS) is 11.1. The largest absolute Gasteiger partial charge is 0.268 e. The van der Waals surface area contributed by atoms with Gasteiger partial charge in [0.25, 0.3) is 0 Å². The zero-order valence-electron chi connectivity index (χ0n) is 7.31. The molecule has 68 valence electrons. The Morgan fingerprint density at radius 1 is 1.46 bits per heavy atom. The van der Waals surface area contributed by atoms with E-state index in [0.29, 0.717) is 0 Å². The van der Waals surface area contributed by atoms with Crippen molar-refractivity contribution in [2.24, 2.45) is 7.05 Å². The quantitative estimate of drug-likeness (QED) is 0.710. The fourth-order valence-corrected chi connectivity index (χ4v) is 2.58. The summed E-state index contributed by atoms with van der Waals surface area (Å²) in [6, 6.07) is 3.81. The van der Waals surface area contributed by atoms with Crippen molar-refractivity contribution in [2.75, 3.05) is 0 Å². The van der Waals surface area contributed by atoms with Crippen LogP contribution in [0, 0.1) is 6.92 Å². The average molecular weight is 260 g/mol. The van der Waals surface area contributed by atoms with Gasteiger partial charge in [0, 0.05) is 21.9 Å². The first-order chi connectivity index (χ1) is 6.09.